The molecule has 0 bridgehead atoms. The van der Waals surface area contributed by atoms with Gasteiger partial charge < -0.3 is 10.4 Å². The van der Waals surface area contributed by atoms with Gasteiger partial charge in [0.2, 0.25) is 5.91 Å². The van der Waals surface area contributed by atoms with Crippen LogP contribution in [0, 0.1) is 11.8 Å². The van der Waals surface area contributed by atoms with Crippen LogP contribution in [0.25, 0.3) is 0 Å². The van der Waals surface area contributed by atoms with E-state index >= 15 is 0 Å². The molecule has 2 aliphatic rings. The zero-order valence-electron chi connectivity index (χ0n) is 10.4. The Morgan fingerprint density at radius 1 is 1.24 bits per heavy atom. The third-order valence-corrected chi connectivity index (χ3v) is 4.32. The van der Waals surface area contributed by atoms with Crippen LogP contribution in [-0.4, -0.2) is 22.5 Å². The molecule has 0 aromatic carbocycles. The zero-order valence-corrected chi connectivity index (χ0v) is 10.4. The van der Waals surface area contributed by atoms with Crippen LogP contribution < -0.4 is 5.32 Å². The van der Waals surface area contributed by atoms with Gasteiger partial charge in [-0.25, -0.2) is 4.79 Å². The van der Waals surface area contributed by atoms with Gasteiger partial charge in [0.25, 0.3) is 0 Å². The predicted octanol–water partition coefficient (Wildman–Crippen LogP) is 1.94. The fourth-order valence-electron chi connectivity index (χ4n) is 2.69. The van der Waals surface area contributed by atoms with Gasteiger partial charge in [-0.3, -0.25) is 4.79 Å². The first-order chi connectivity index (χ1) is 8.07. The Bertz CT molecular complexity index is 315. The third-order valence-electron chi connectivity index (χ3n) is 4.32. The summed E-state index contributed by atoms with van der Waals surface area (Å²) < 4.78 is 0. The van der Waals surface area contributed by atoms with E-state index in [1.54, 1.807) is 0 Å². The fourth-order valence-corrected chi connectivity index (χ4v) is 2.69. The van der Waals surface area contributed by atoms with E-state index in [4.69, 9.17) is 5.11 Å². The Balaban J connectivity index is 1.83. The standard InChI is InChI=1S/C13H21NO3/c1-2-9-3-5-10(6-4-9)11(15)14-13(7-8-13)12(16)17/h9-10H,2-8H2,1H3,(H,14,15)(H,16,17). The van der Waals surface area contributed by atoms with Crippen LogP contribution in [0.3, 0.4) is 0 Å². The SMILES string of the molecule is CCC1CCC(C(=O)NC2(C(=O)O)CC2)CC1. The summed E-state index contributed by atoms with van der Waals surface area (Å²) in [5.41, 5.74) is -0.918. The molecule has 0 radical (unpaired) electrons. The normalized spacial score (nSPS) is 30.6. The van der Waals surface area contributed by atoms with Gasteiger partial charge in [-0.1, -0.05) is 13.3 Å². The van der Waals surface area contributed by atoms with Crippen molar-refractivity contribution in [2.75, 3.05) is 0 Å². The van der Waals surface area contributed by atoms with Gasteiger partial charge in [-0.05, 0) is 44.4 Å². The van der Waals surface area contributed by atoms with Crippen molar-refractivity contribution in [2.45, 2.75) is 57.4 Å². The number of rotatable bonds is 4. The molecular formula is C13H21NO3. The average molecular weight is 239 g/mol. The van der Waals surface area contributed by atoms with Crippen LogP contribution in [0.1, 0.15) is 51.9 Å². The second kappa shape index (κ2) is 4.67. The van der Waals surface area contributed by atoms with E-state index in [-0.39, 0.29) is 11.8 Å². The summed E-state index contributed by atoms with van der Waals surface area (Å²) >= 11 is 0. The molecule has 0 atom stereocenters. The molecule has 2 N–H and O–H groups in total. The molecule has 2 rings (SSSR count). The fraction of sp³-hybridized carbons (Fsp3) is 0.846. The first-order valence-electron chi connectivity index (χ1n) is 6.63. The largest absolute Gasteiger partial charge is 0.480 e. The number of carboxylic acids is 1. The van der Waals surface area contributed by atoms with Crippen molar-refractivity contribution in [3.8, 4) is 0 Å². The molecule has 0 aromatic heterocycles. The van der Waals surface area contributed by atoms with E-state index in [9.17, 15) is 9.59 Å². The molecule has 17 heavy (non-hydrogen) atoms. The van der Waals surface area contributed by atoms with E-state index in [1.807, 2.05) is 0 Å². The average Bonchev–Trinajstić information content (AvgIpc) is 3.10. The second-order valence-corrected chi connectivity index (χ2v) is 5.50. The smallest absolute Gasteiger partial charge is 0.329 e. The second-order valence-electron chi connectivity index (χ2n) is 5.50. The summed E-state index contributed by atoms with van der Waals surface area (Å²) in [6.45, 7) is 2.19. The maximum absolute atomic E-state index is 12.0. The number of carboxylic acid groups (broad SMARTS) is 1. The lowest BCUT2D eigenvalue weighted by Gasteiger charge is -2.28. The molecule has 2 fully saturated rings. The molecular weight excluding hydrogens is 218 g/mol. The molecule has 0 aromatic rings. The lowest BCUT2D eigenvalue weighted by Crippen LogP contribution is -2.46. The van der Waals surface area contributed by atoms with Gasteiger partial charge in [0, 0.05) is 5.92 Å². The highest BCUT2D eigenvalue weighted by atomic mass is 16.4. The molecule has 4 heteroatoms. The molecule has 0 heterocycles. The maximum atomic E-state index is 12.0. The van der Waals surface area contributed by atoms with E-state index in [0.29, 0.717) is 12.8 Å². The van der Waals surface area contributed by atoms with E-state index in [1.165, 1.54) is 6.42 Å². The van der Waals surface area contributed by atoms with Crippen LogP contribution in [0.15, 0.2) is 0 Å². The summed E-state index contributed by atoms with van der Waals surface area (Å²) in [5.74, 6) is -0.129. The highest BCUT2D eigenvalue weighted by Crippen LogP contribution is 2.37. The molecule has 96 valence electrons. The Kier molecular flexibility index (Phi) is 3.40. The molecule has 2 saturated carbocycles. The van der Waals surface area contributed by atoms with Crippen molar-refractivity contribution in [1.82, 2.24) is 5.32 Å². The van der Waals surface area contributed by atoms with Crippen molar-refractivity contribution in [3.05, 3.63) is 0 Å². The minimum absolute atomic E-state index is 0.0367. The van der Waals surface area contributed by atoms with Gasteiger partial charge in [-0.15, -0.1) is 0 Å². The Labute approximate surface area is 102 Å². The molecule has 0 saturated heterocycles. The monoisotopic (exact) mass is 239 g/mol. The summed E-state index contributed by atoms with van der Waals surface area (Å²) in [7, 11) is 0. The summed E-state index contributed by atoms with van der Waals surface area (Å²) in [6, 6.07) is 0. The highest BCUT2D eigenvalue weighted by molar-refractivity contribution is 5.90. The van der Waals surface area contributed by atoms with Gasteiger partial charge in [-0.2, -0.15) is 0 Å². The van der Waals surface area contributed by atoms with Crippen molar-refractivity contribution >= 4 is 11.9 Å². The topological polar surface area (TPSA) is 66.4 Å². The van der Waals surface area contributed by atoms with Crippen molar-refractivity contribution in [2.24, 2.45) is 11.8 Å². The molecule has 2 aliphatic carbocycles. The predicted molar refractivity (Wildman–Crippen MR) is 63.5 cm³/mol. The number of hydrogen-bond acceptors (Lipinski definition) is 2. The maximum Gasteiger partial charge on any atom is 0.329 e. The number of aliphatic carboxylic acids is 1. The van der Waals surface area contributed by atoms with E-state index < -0.39 is 11.5 Å². The van der Waals surface area contributed by atoms with Crippen molar-refractivity contribution < 1.29 is 14.7 Å². The molecule has 0 unspecified atom stereocenters. The molecule has 0 aliphatic heterocycles. The summed E-state index contributed by atoms with van der Waals surface area (Å²) in [5, 5.41) is 11.7. The van der Waals surface area contributed by atoms with Crippen LogP contribution in [0.5, 0.6) is 0 Å². The number of carbonyl (C=O) groups excluding carboxylic acids is 1. The number of carbonyl (C=O) groups is 2. The Morgan fingerprint density at radius 2 is 1.82 bits per heavy atom. The molecule has 4 nitrogen and oxygen atoms in total. The Hall–Kier alpha value is -1.06. The van der Waals surface area contributed by atoms with E-state index in [0.717, 1.165) is 31.6 Å². The highest BCUT2D eigenvalue weighted by Gasteiger charge is 2.52. The summed E-state index contributed by atoms with van der Waals surface area (Å²) in [6.07, 6.45) is 6.40. The van der Waals surface area contributed by atoms with Crippen LogP contribution in [0.4, 0.5) is 0 Å². The van der Waals surface area contributed by atoms with Gasteiger partial charge in [0.15, 0.2) is 0 Å². The van der Waals surface area contributed by atoms with Crippen molar-refractivity contribution in [1.29, 1.82) is 0 Å². The van der Waals surface area contributed by atoms with Crippen LogP contribution in [0.2, 0.25) is 0 Å². The summed E-state index contributed by atoms with van der Waals surface area (Å²) in [4.78, 5) is 23.0. The minimum atomic E-state index is -0.918. The van der Waals surface area contributed by atoms with E-state index in [2.05, 4.69) is 12.2 Å². The third kappa shape index (κ3) is 2.61. The lowest BCUT2D eigenvalue weighted by molar-refractivity contribution is -0.144. The quantitative estimate of drug-likeness (QED) is 0.787. The first kappa shape index (κ1) is 12.4. The zero-order chi connectivity index (χ0) is 12.5. The van der Waals surface area contributed by atoms with Crippen LogP contribution in [-0.2, 0) is 9.59 Å². The lowest BCUT2D eigenvalue weighted by atomic mass is 9.80. The molecule has 1 amide bonds. The van der Waals surface area contributed by atoms with Gasteiger partial charge in [0.1, 0.15) is 5.54 Å². The van der Waals surface area contributed by atoms with Gasteiger partial charge >= 0.3 is 5.97 Å². The van der Waals surface area contributed by atoms with Crippen LogP contribution >= 0.6 is 0 Å². The number of amides is 1. The molecule has 0 spiro atoms. The van der Waals surface area contributed by atoms with Crippen molar-refractivity contribution in [3.63, 3.8) is 0 Å². The number of nitrogens with one attached hydrogen (secondary N) is 1. The first-order valence-corrected chi connectivity index (χ1v) is 6.63. The van der Waals surface area contributed by atoms with Gasteiger partial charge in [0.05, 0.1) is 0 Å². The number of hydrogen-bond donors (Lipinski definition) is 2. The minimum Gasteiger partial charge on any atom is -0.480 e. The Morgan fingerprint density at radius 3 is 2.24 bits per heavy atom.